The standard InChI is InChI=1S/C26H24N2O3/c1-30-19-11-7-17(8-12-19)25-24-22(21-5-3-4-6-23(21)27-24)15-16-28(25)26(29)18-9-13-20(31-2)14-10-18/h3-14,25,27H,15-16H2,1-2H3/t25-/m0/s1. The molecule has 1 atom stereocenters. The molecule has 1 aromatic heterocycles. The van der Waals surface area contributed by atoms with Gasteiger partial charge in [0.2, 0.25) is 0 Å². The molecule has 1 aliphatic heterocycles. The van der Waals surface area contributed by atoms with Crippen LogP contribution in [0.15, 0.2) is 72.8 Å². The summed E-state index contributed by atoms with van der Waals surface area (Å²) in [5.41, 5.74) is 5.17. The number of rotatable bonds is 4. The Morgan fingerprint density at radius 2 is 1.55 bits per heavy atom. The third-order valence-corrected chi connectivity index (χ3v) is 6.06. The third-order valence-electron chi connectivity index (χ3n) is 6.06. The van der Waals surface area contributed by atoms with Crippen molar-refractivity contribution >= 4 is 16.8 Å². The first-order chi connectivity index (χ1) is 15.2. The highest BCUT2D eigenvalue weighted by Gasteiger charge is 2.34. The minimum atomic E-state index is -0.198. The molecule has 3 aromatic carbocycles. The summed E-state index contributed by atoms with van der Waals surface area (Å²) < 4.78 is 10.6. The molecule has 1 aliphatic rings. The monoisotopic (exact) mass is 412 g/mol. The Labute approximate surface area is 181 Å². The molecule has 0 fully saturated rings. The molecule has 5 rings (SSSR count). The van der Waals surface area contributed by atoms with Crippen LogP contribution >= 0.6 is 0 Å². The van der Waals surface area contributed by atoms with Gasteiger partial charge in [-0.2, -0.15) is 0 Å². The maximum Gasteiger partial charge on any atom is 0.254 e. The zero-order valence-electron chi connectivity index (χ0n) is 17.6. The quantitative estimate of drug-likeness (QED) is 0.515. The number of amides is 1. The van der Waals surface area contributed by atoms with E-state index in [0.717, 1.165) is 34.7 Å². The number of H-pyrrole nitrogens is 1. The Hall–Kier alpha value is -3.73. The molecule has 5 heteroatoms. The molecular weight excluding hydrogens is 388 g/mol. The van der Waals surface area contributed by atoms with E-state index in [9.17, 15) is 4.79 Å². The number of fused-ring (bicyclic) bond motifs is 3. The van der Waals surface area contributed by atoms with Crippen molar-refractivity contribution in [2.24, 2.45) is 0 Å². The van der Waals surface area contributed by atoms with Crippen molar-refractivity contribution in [3.05, 3.63) is 95.2 Å². The molecule has 31 heavy (non-hydrogen) atoms. The molecule has 0 unspecified atom stereocenters. The third kappa shape index (κ3) is 3.32. The van der Waals surface area contributed by atoms with Gasteiger partial charge in [-0.25, -0.2) is 0 Å². The van der Waals surface area contributed by atoms with Gasteiger partial charge >= 0.3 is 0 Å². The van der Waals surface area contributed by atoms with Gasteiger partial charge in [0, 0.05) is 28.7 Å². The summed E-state index contributed by atoms with van der Waals surface area (Å²) in [5.74, 6) is 1.54. The fourth-order valence-electron chi connectivity index (χ4n) is 4.49. The van der Waals surface area contributed by atoms with Gasteiger partial charge in [-0.15, -0.1) is 0 Å². The maximum atomic E-state index is 13.6. The number of hydrogen-bond donors (Lipinski definition) is 1. The van der Waals surface area contributed by atoms with E-state index in [0.29, 0.717) is 12.1 Å². The smallest absolute Gasteiger partial charge is 0.254 e. The number of benzene rings is 3. The first-order valence-corrected chi connectivity index (χ1v) is 10.4. The number of aromatic nitrogens is 1. The second-order valence-electron chi connectivity index (χ2n) is 7.72. The van der Waals surface area contributed by atoms with Gasteiger partial charge in [-0.1, -0.05) is 30.3 Å². The number of carbonyl (C=O) groups excluding carboxylic acids is 1. The SMILES string of the molecule is COc1ccc(C(=O)N2CCc3c([nH]c4ccccc34)[C@@H]2c2ccc(OC)cc2)cc1. The molecule has 4 aromatic rings. The predicted molar refractivity (Wildman–Crippen MR) is 121 cm³/mol. The highest BCUT2D eigenvalue weighted by atomic mass is 16.5. The van der Waals surface area contributed by atoms with Crippen LogP contribution in [0, 0.1) is 0 Å². The van der Waals surface area contributed by atoms with Crippen LogP contribution in [0.25, 0.3) is 10.9 Å². The molecule has 1 amide bonds. The Bertz CT molecular complexity index is 1230. The van der Waals surface area contributed by atoms with Gasteiger partial charge in [-0.05, 0) is 60.0 Å². The number of ether oxygens (including phenoxy) is 2. The molecule has 0 saturated heterocycles. The first kappa shape index (κ1) is 19.2. The van der Waals surface area contributed by atoms with Crippen LogP contribution in [0.1, 0.15) is 33.2 Å². The Morgan fingerprint density at radius 1 is 0.903 bits per heavy atom. The van der Waals surface area contributed by atoms with Gasteiger partial charge in [0.25, 0.3) is 5.91 Å². The van der Waals surface area contributed by atoms with Crippen LogP contribution in [0.3, 0.4) is 0 Å². The largest absolute Gasteiger partial charge is 0.497 e. The van der Waals surface area contributed by atoms with E-state index in [1.807, 2.05) is 59.5 Å². The van der Waals surface area contributed by atoms with Crippen LogP contribution in [-0.2, 0) is 6.42 Å². The van der Waals surface area contributed by atoms with Gasteiger partial charge in [-0.3, -0.25) is 4.79 Å². The molecule has 156 valence electrons. The van der Waals surface area contributed by atoms with Crippen molar-refractivity contribution in [2.75, 3.05) is 20.8 Å². The summed E-state index contributed by atoms with van der Waals surface area (Å²) in [4.78, 5) is 19.1. The number of para-hydroxylation sites is 1. The fourth-order valence-corrected chi connectivity index (χ4v) is 4.49. The molecule has 5 nitrogen and oxygen atoms in total. The zero-order chi connectivity index (χ0) is 21.4. The lowest BCUT2D eigenvalue weighted by atomic mass is 9.91. The Balaban J connectivity index is 1.61. The number of nitrogens with zero attached hydrogens (tertiary/aromatic N) is 1. The number of methoxy groups -OCH3 is 2. The Kier molecular flexibility index (Phi) is 4.86. The second-order valence-corrected chi connectivity index (χ2v) is 7.72. The van der Waals surface area contributed by atoms with Crippen LogP contribution < -0.4 is 9.47 Å². The molecule has 0 aliphatic carbocycles. The average Bonchev–Trinajstić information content (AvgIpc) is 3.22. The normalized spacial score (nSPS) is 15.5. The van der Waals surface area contributed by atoms with Crippen molar-refractivity contribution in [1.29, 1.82) is 0 Å². The lowest BCUT2D eigenvalue weighted by Gasteiger charge is -2.36. The van der Waals surface area contributed by atoms with Gasteiger partial charge in [0.1, 0.15) is 11.5 Å². The van der Waals surface area contributed by atoms with E-state index >= 15 is 0 Å². The maximum absolute atomic E-state index is 13.6. The lowest BCUT2D eigenvalue weighted by Crippen LogP contribution is -2.40. The highest BCUT2D eigenvalue weighted by Crippen LogP contribution is 2.39. The molecule has 0 saturated carbocycles. The highest BCUT2D eigenvalue weighted by molar-refractivity contribution is 5.95. The van der Waals surface area contributed by atoms with E-state index in [-0.39, 0.29) is 11.9 Å². The summed E-state index contributed by atoms with van der Waals surface area (Å²) in [7, 11) is 3.28. The van der Waals surface area contributed by atoms with Crippen molar-refractivity contribution in [1.82, 2.24) is 9.88 Å². The van der Waals surface area contributed by atoms with Crippen molar-refractivity contribution < 1.29 is 14.3 Å². The minimum absolute atomic E-state index is 0.00720. The minimum Gasteiger partial charge on any atom is -0.497 e. The van der Waals surface area contributed by atoms with Crippen molar-refractivity contribution in [3.63, 3.8) is 0 Å². The summed E-state index contributed by atoms with van der Waals surface area (Å²) in [6, 6.07) is 23.4. The molecule has 0 radical (unpaired) electrons. The van der Waals surface area contributed by atoms with Gasteiger partial charge < -0.3 is 19.4 Å². The number of nitrogens with one attached hydrogen (secondary N) is 1. The van der Waals surface area contributed by atoms with Crippen molar-refractivity contribution in [2.45, 2.75) is 12.5 Å². The zero-order valence-corrected chi connectivity index (χ0v) is 17.6. The molecule has 0 bridgehead atoms. The summed E-state index contributed by atoms with van der Waals surface area (Å²) in [6.45, 7) is 0.649. The van der Waals surface area contributed by atoms with E-state index in [1.54, 1.807) is 14.2 Å². The molecule has 1 N–H and O–H groups in total. The van der Waals surface area contributed by atoms with Gasteiger partial charge in [0.05, 0.1) is 20.3 Å². The van der Waals surface area contributed by atoms with E-state index in [4.69, 9.17) is 9.47 Å². The Morgan fingerprint density at radius 3 is 2.23 bits per heavy atom. The van der Waals surface area contributed by atoms with Crippen LogP contribution in [-0.4, -0.2) is 36.6 Å². The summed E-state index contributed by atoms with van der Waals surface area (Å²) in [6.07, 6.45) is 0.813. The van der Waals surface area contributed by atoms with Crippen LogP contribution in [0.2, 0.25) is 0 Å². The predicted octanol–water partition coefficient (Wildman–Crippen LogP) is 4.97. The molecule has 0 spiro atoms. The fraction of sp³-hybridized carbons (Fsp3) is 0.192. The summed E-state index contributed by atoms with van der Waals surface area (Å²) >= 11 is 0. The number of hydrogen-bond acceptors (Lipinski definition) is 3. The summed E-state index contributed by atoms with van der Waals surface area (Å²) in [5, 5.41) is 1.23. The average molecular weight is 412 g/mol. The number of carbonyl (C=O) groups is 1. The van der Waals surface area contributed by atoms with E-state index in [1.165, 1.54) is 10.9 Å². The van der Waals surface area contributed by atoms with Crippen LogP contribution in [0.4, 0.5) is 0 Å². The van der Waals surface area contributed by atoms with Crippen LogP contribution in [0.5, 0.6) is 11.5 Å². The molecule has 2 heterocycles. The lowest BCUT2D eigenvalue weighted by molar-refractivity contribution is 0.0692. The molecular formula is C26H24N2O3. The van der Waals surface area contributed by atoms with Crippen molar-refractivity contribution in [3.8, 4) is 11.5 Å². The second kappa shape index (κ2) is 7.84. The topological polar surface area (TPSA) is 54.6 Å². The van der Waals surface area contributed by atoms with E-state index < -0.39 is 0 Å². The number of aromatic amines is 1. The van der Waals surface area contributed by atoms with E-state index in [2.05, 4.69) is 23.2 Å². The van der Waals surface area contributed by atoms with Gasteiger partial charge in [0.15, 0.2) is 0 Å². The first-order valence-electron chi connectivity index (χ1n) is 10.4.